The van der Waals surface area contributed by atoms with Gasteiger partial charge in [0.05, 0.1) is 6.04 Å². The minimum Gasteiger partial charge on any atom is -0.211 e. The molecule has 0 saturated heterocycles. The second kappa shape index (κ2) is 1.71. The van der Waals surface area contributed by atoms with E-state index in [9.17, 15) is 4.79 Å². The van der Waals surface area contributed by atoms with Crippen molar-refractivity contribution in [1.82, 2.24) is 0 Å². The first-order chi connectivity index (χ1) is 3.43. The molecule has 0 bridgehead atoms. The maximum absolute atomic E-state index is 9.48. The Balaban J connectivity index is 2.44. The van der Waals surface area contributed by atoms with Crippen molar-refractivity contribution in [2.24, 2.45) is 4.99 Å². The van der Waals surface area contributed by atoms with Crippen LogP contribution >= 0.6 is 0 Å². The van der Waals surface area contributed by atoms with Gasteiger partial charge in [-0.3, -0.25) is 0 Å². The fourth-order valence-electron chi connectivity index (χ4n) is 0.421. The smallest absolute Gasteiger partial charge is 0.211 e. The number of nitrogens with zero attached hydrogens (tertiary/aromatic N) is 1. The van der Waals surface area contributed by atoms with Crippen LogP contribution in [0.25, 0.3) is 0 Å². The summed E-state index contributed by atoms with van der Waals surface area (Å²) in [6.45, 7) is 0. The van der Waals surface area contributed by atoms with Gasteiger partial charge in [0.15, 0.2) is 0 Å². The molecule has 0 saturated carbocycles. The van der Waals surface area contributed by atoms with E-state index in [1.807, 2.05) is 12.2 Å². The highest BCUT2D eigenvalue weighted by atomic mass is 16.1. The molecule has 1 aliphatic rings. The molecule has 0 aromatic carbocycles. The van der Waals surface area contributed by atoms with E-state index in [1.54, 1.807) is 0 Å². The Labute approximate surface area is 41.6 Å². The molecule has 0 radical (unpaired) electrons. The van der Waals surface area contributed by atoms with Crippen LogP contribution in [0.5, 0.6) is 0 Å². The fourth-order valence-corrected chi connectivity index (χ4v) is 0.421. The van der Waals surface area contributed by atoms with Crippen molar-refractivity contribution in [3.05, 3.63) is 12.2 Å². The maximum atomic E-state index is 9.48. The third-order valence-corrected chi connectivity index (χ3v) is 0.954. The van der Waals surface area contributed by atoms with Crippen molar-refractivity contribution in [2.45, 2.75) is 12.5 Å². The summed E-state index contributed by atoms with van der Waals surface area (Å²) >= 11 is 0. The van der Waals surface area contributed by atoms with Gasteiger partial charge >= 0.3 is 0 Å². The van der Waals surface area contributed by atoms with Crippen LogP contribution in [0.2, 0.25) is 0 Å². The number of aliphatic imine (C=N–C) groups is 1. The quantitative estimate of drug-likeness (QED) is 0.267. The van der Waals surface area contributed by atoms with Gasteiger partial charge in [0.25, 0.3) is 0 Å². The summed E-state index contributed by atoms with van der Waals surface area (Å²) in [6, 6.07) is 0.150. The highest BCUT2D eigenvalue weighted by molar-refractivity contribution is 5.35. The Morgan fingerprint density at radius 3 is 2.71 bits per heavy atom. The summed E-state index contributed by atoms with van der Waals surface area (Å²) in [5.74, 6) is 0. The van der Waals surface area contributed by atoms with E-state index in [1.165, 1.54) is 6.08 Å². The average molecular weight is 95.1 g/mol. The molecule has 0 aromatic heterocycles. The summed E-state index contributed by atoms with van der Waals surface area (Å²) < 4.78 is 0. The standard InChI is InChI=1S/C5H5NO/c7-4-6-5-2-1-3-5/h1-2,5H,3H2. The zero-order valence-electron chi connectivity index (χ0n) is 3.79. The zero-order valence-corrected chi connectivity index (χ0v) is 3.79. The second-order valence-electron chi connectivity index (χ2n) is 1.45. The van der Waals surface area contributed by atoms with Crippen LogP contribution in [0, 0.1) is 0 Å². The monoisotopic (exact) mass is 95.0 g/mol. The molecule has 1 rings (SSSR count). The Kier molecular flexibility index (Phi) is 1.05. The van der Waals surface area contributed by atoms with Crippen LogP contribution in [-0.2, 0) is 4.79 Å². The first-order valence-corrected chi connectivity index (χ1v) is 2.17. The summed E-state index contributed by atoms with van der Waals surface area (Å²) in [7, 11) is 0. The molecule has 0 heterocycles. The zero-order chi connectivity index (χ0) is 5.11. The largest absolute Gasteiger partial charge is 0.235 e. The van der Waals surface area contributed by atoms with E-state index in [0.717, 1.165) is 6.42 Å². The van der Waals surface area contributed by atoms with Gasteiger partial charge in [-0.15, -0.1) is 0 Å². The number of hydrogen-bond acceptors (Lipinski definition) is 2. The number of carbonyl (C=O) groups excluding carboxylic acids is 1. The summed E-state index contributed by atoms with van der Waals surface area (Å²) in [5, 5.41) is 0. The van der Waals surface area contributed by atoms with Crippen molar-refractivity contribution < 1.29 is 4.79 Å². The van der Waals surface area contributed by atoms with Gasteiger partial charge < -0.3 is 0 Å². The predicted octanol–water partition coefficient (Wildman–Crippen LogP) is 0.651. The predicted molar refractivity (Wildman–Crippen MR) is 25.7 cm³/mol. The van der Waals surface area contributed by atoms with Crippen LogP contribution in [-0.4, -0.2) is 12.1 Å². The molecule has 0 spiro atoms. The van der Waals surface area contributed by atoms with Gasteiger partial charge in [-0.05, 0) is 6.42 Å². The lowest BCUT2D eigenvalue weighted by Gasteiger charge is -2.07. The molecule has 0 amide bonds. The Bertz CT molecular complexity index is 133. The van der Waals surface area contributed by atoms with Crippen LogP contribution in [0.15, 0.2) is 17.1 Å². The van der Waals surface area contributed by atoms with Gasteiger partial charge in [0.2, 0.25) is 6.08 Å². The Morgan fingerprint density at radius 2 is 2.57 bits per heavy atom. The molecular formula is C5H5NO. The van der Waals surface area contributed by atoms with Gasteiger partial charge in [-0.2, -0.15) is 4.99 Å². The van der Waals surface area contributed by atoms with E-state index in [4.69, 9.17) is 0 Å². The molecule has 2 nitrogen and oxygen atoms in total. The topological polar surface area (TPSA) is 29.4 Å². The van der Waals surface area contributed by atoms with E-state index in [-0.39, 0.29) is 6.04 Å². The van der Waals surface area contributed by atoms with Crippen molar-refractivity contribution in [2.75, 3.05) is 0 Å². The molecule has 1 aliphatic carbocycles. The molecule has 0 fully saturated rings. The van der Waals surface area contributed by atoms with Gasteiger partial charge in [0.1, 0.15) is 0 Å². The van der Waals surface area contributed by atoms with Crippen molar-refractivity contribution in [3.63, 3.8) is 0 Å². The first-order valence-electron chi connectivity index (χ1n) is 2.17. The van der Waals surface area contributed by atoms with E-state index in [2.05, 4.69) is 4.99 Å². The molecule has 1 unspecified atom stereocenters. The van der Waals surface area contributed by atoms with Gasteiger partial charge in [0, 0.05) is 0 Å². The van der Waals surface area contributed by atoms with Crippen molar-refractivity contribution in [1.29, 1.82) is 0 Å². The van der Waals surface area contributed by atoms with Crippen LogP contribution < -0.4 is 0 Å². The number of rotatable bonds is 1. The number of hydrogen-bond donors (Lipinski definition) is 0. The van der Waals surface area contributed by atoms with E-state index in [0.29, 0.717) is 0 Å². The molecular weight excluding hydrogens is 90.1 g/mol. The Hall–Kier alpha value is -0.880. The summed E-state index contributed by atoms with van der Waals surface area (Å²) in [4.78, 5) is 12.9. The third kappa shape index (κ3) is 0.756. The average Bonchev–Trinajstić information content (AvgIpc) is 1.55. The minimum absolute atomic E-state index is 0.150. The SMILES string of the molecule is O=C=NC1C=CC1. The molecule has 1 atom stereocenters. The van der Waals surface area contributed by atoms with Crippen LogP contribution in [0.3, 0.4) is 0 Å². The first kappa shape index (κ1) is 4.28. The third-order valence-electron chi connectivity index (χ3n) is 0.954. The molecule has 0 N–H and O–H groups in total. The summed E-state index contributed by atoms with van der Waals surface area (Å²) in [5.41, 5.74) is 0. The Morgan fingerprint density at radius 1 is 1.86 bits per heavy atom. The second-order valence-corrected chi connectivity index (χ2v) is 1.45. The highest BCUT2D eigenvalue weighted by Gasteiger charge is 2.05. The van der Waals surface area contributed by atoms with E-state index >= 15 is 0 Å². The fraction of sp³-hybridized carbons (Fsp3) is 0.400. The van der Waals surface area contributed by atoms with Crippen LogP contribution in [0.1, 0.15) is 6.42 Å². The van der Waals surface area contributed by atoms with E-state index < -0.39 is 0 Å². The van der Waals surface area contributed by atoms with Crippen molar-refractivity contribution in [3.8, 4) is 0 Å². The molecule has 7 heavy (non-hydrogen) atoms. The van der Waals surface area contributed by atoms with Crippen LogP contribution in [0.4, 0.5) is 0 Å². The van der Waals surface area contributed by atoms with Gasteiger partial charge in [-0.25, -0.2) is 4.79 Å². The molecule has 0 aromatic rings. The highest BCUT2D eigenvalue weighted by Crippen LogP contribution is 2.09. The number of isocyanates is 1. The lowest BCUT2D eigenvalue weighted by atomic mass is 10.1. The minimum atomic E-state index is 0.150. The molecule has 2 heteroatoms. The normalized spacial score (nSPS) is 25.4. The lowest BCUT2D eigenvalue weighted by molar-refractivity contribution is 0.559. The molecule has 36 valence electrons. The maximum Gasteiger partial charge on any atom is 0.235 e. The summed E-state index contributed by atoms with van der Waals surface area (Å²) in [6.07, 6.45) is 6.26. The van der Waals surface area contributed by atoms with Crippen molar-refractivity contribution >= 4 is 6.08 Å². The lowest BCUT2D eigenvalue weighted by Crippen LogP contribution is -2.04. The molecule has 0 aliphatic heterocycles. The van der Waals surface area contributed by atoms with Gasteiger partial charge in [-0.1, -0.05) is 12.2 Å².